The smallest absolute Gasteiger partial charge is 0.307 e. The summed E-state index contributed by atoms with van der Waals surface area (Å²) < 4.78 is 0. The van der Waals surface area contributed by atoms with Gasteiger partial charge in [0.05, 0.1) is 11.9 Å². The van der Waals surface area contributed by atoms with E-state index >= 15 is 0 Å². The zero-order valence-electron chi connectivity index (χ0n) is 11.3. The summed E-state index contributed by atoms with van der Waals surface area (Å²) in [5, 5.41) is 9.81. The van der Waals surface area contributed by atoms with E-state index in [2.05, 4.69) is 4.98 Å². The summed E-state index contributed by atoms with van der Waals surface area (Å²) in [5.74, 6) is -0.840. The first-order valence-electron chi connectivity index (χ1n) is 6.59. The van der Waals surface area contributed by atoms with Gasteiger partial charge in [0.15, 0.2) is 0 Å². The van der Waals surface area contributed by atoms with Gasteiger partial charge in [-0.25, -0.2) is 0 Å². The van der Waals surface area contributed by atoms with Crippen molar-refractivity contribution in [2.24, 2.45) is 0 Å². The molecule has 3 rings (SSSR count). The quantitative estimate of drug-likeness (QED) is 0.771. The lowest BCUT2D eigenvalue weighted by Gasteiger charge is -2.08. The van der Waals surface area contributed by atoms with Gasteiger partial charge in [0, 0.05) is 22.8 Å². The number of rotatable bonds is 3. The van der Waals surface area contributed by atoms with E-state index in [1.807, 2.05) is 42.5 Å². The lowest BCUT2D eigenvalue weighted by molar-refractivity contribution is -0.136. The van der Waals surface area contributed by atoms with E-state index in [9.17, 15) is 4.79 Å². The average molecular weight is 278 g/mol. The molecule has 104 valence electrons. The number of carbonyl (C=O) groups is 1. The number of para-hydroxylation sites is 1. The van der Waals surface area contributed by atoms with Gasteiger partial charge in [0.25, 0.3) is 0 Å². The molecule has 0 saturated heterocycles. The maximum Gasteiger partial charge on any atom is 0.307 e. The Morgan fingerprint density at radius 2 is 1.95 bits per heavy atom. The number of benzene rings is 2. The highest BCUT2D eigenvalue weighted by Gasteiger charge is 2.08. The van der Waals surface area contributed by atoms with Gasteiger partial charge in [0.1, 0.15) is 0 Å². The van der Waals surface area contributed by atoms with Crippen LogP contribution >= 0.6 is 0 Å². The van der Waals surface area contributed by atoms with Crippen molar-refractivity contribution in [3.63, 3.8) is 0 Å². The molecule has 0 unspecified atom stereocenters. The molecule has 3 N–H and O–H groups in total. The minimum absolute atomic E-state index is 0.00811. The number of anilines is 1. The summed E-state index contributed by atoms with van der Waals surface area (Å²) in [4.78, 5) is 15.3. The van der Waals surface area contributed by atoms with Crippen molar-refractivity contribution in [2.75, 3.05) is 5.73 Å². The molecular weight excluding hydrogens is 264 g/mol. The number of nitrogens with two attached hydrogens (primary N) is 1. The molecule has 21 heavy (non-hydrogen) atoms. The lowest BCUT2D eigenvalue weighted by Crippen LogP contribution is -2.00. The number of carboxylic acids is 1. The van der Waals surface area contributed by atoms with E-state index in [1.165, 1.54) is 0 Å². The van der Waals surface area contributed by atoms with Crippen LogP contribution in [-0.2, 0) is 11.2 Å². The average Bonchev–Trinajstić information content (AvgIpc) is 2.47. The van der Waals surface area contributed by atoms with Crippen LogP contribution in [0.3, 0.4) is 0 Å². The molecule has 4 heteroatoms. The van der Waals surface area contributed by atoms with Crippen molar-refractivity contribution in [3.8, 4) is 11.1 Å². The number of aliphatic carboxylic acids is 1. The van der Waals surface area contributed by atoms with E-state index in [-0.39, 0.29) is 6.42 Å². The van der Waals surface area contributed by atoms with E-state index < -0.39 is 5.97 Å². The molecule has 0 fully saturated rings. The predicted octanol–water partition coefficient (Wildman–Crippen LogP) is 3.11. The predicted molar refractivity (Wildman–Crippen MR) is 82.9 cm³/mol. The summed E-state index contributed by atoms with van der Waals surface area (Å²) in [6.45, 7) is 0. The highest BCUT2D eigenvalue weighted by atomic mass is 16.4. The Morgan fingerprint density at radius 3 is 2.76 bits per heavy atom. The summed E-state index contributed by atoms with van der Waals surface area (Å²) in [6.07, 6.45) is 1.69. The molecule has 4 nitrogen and oxygen atoms in total. The van der Waals surface area contributed by atoms with E-state index in [0.29, 0.717) is 5.69 Å². The molecule has 0 spiro atoms. The standard InChI is InChI=1S/C17H14N2O2/c18-15-7-8-19-17-13(5-2-6-14(15)17)12-4-1-3-11(9-12)10-16(20)21/h1-9H,10H2,(H2,18,19)(H,20,21). The maximum atomic E-state index is 10.8. The zero-order valence-corrected chi connectivity index (χ0v) is 11.3. The van der Waals surface area contributed by atoms with Crippen molar-refractivity contribution in [3.05, 3.63) is 60.3 Å². The molecule has 3 aromatic rings. The SMILES string of the molecule is Nc1ccnc2c(-c3cccc(CC(=O)O)c3)cccc12. The number of pyridine rings is 1. The van der Waals surface area contributed by atoms with Crippen LogP contribution in [0.5, 0.6) is 0 Å². The van der Waals surface area contributed by atoms with Crippen LogP contribution in [-0.4, -0.2) is 16.1 Å². The molecule has 0 aliphatic rings. The van der Waals surface area contributed by atoms with Gasteiger partial charge in [-0.3, -0.25) is 9.78 Å². The molecule has 1 heterocycles. The summed E-state index contributed by atoms with van der Waals surface area (Å²) in [7, 11) is 0. The monoisotopic (exact) mass is 278 g/mol. The first-order chi connectivity index (χ1) is 10.1. The molecular formula is C17H14N2O2. The molecule has 0 bridgehead atoms. The number of nitrogens with zero attached hydrogens (tertiary/aromatic N) is 1. The maximum absolute atomic E-state index is 10.8. The van der Waals surface area contributed by atoms with Crippen LogP contribution in [0.15, 0.2) is 54.7 Å². The Morgan fingerprint density at radius 1 is 1.14 bits per heavy atom. The Hall–Kier alpha value is -2.88. The second-order valence-electron chi connectivity index (χ2n) is 4.87. The second-order valence-corrected chi connectivity index (χ2v) is 4.87. The van der Waals surface area contributed by atoms with Crippen LogP contribution in [0.1, 0.15) is 5.56 Å². The Kier molecular flexibility index (Phi) is 3.28. The largest absolute Gasteiger partial charge is 0.481 e. The number of aromatic nitrogens is 1. The number of nitrogen functional groups attached to an aromatic ring is 1. The third kappa shape index (κ3) is 2.56. The normalized spacial score (nSPS) is 10.7. The first-order valence-corrected chi connectivity index (χ1v) is 6.59. The summed E-state index contributed by atoms with van der Waals surface area (Å²) >= 11 is 0. The Bertz CT molecular complexity index is 828. The topological polar surface area (TPSA) is 76.2 Å². The highest BCUT2D eigenvalue weighted by Crippen LogP contribution is 2.30. The minimum atomic E-state index is -0.840. The zero-order chi connectivity index (χ0) is 14.8. The van der Waals surface area contributed by atoms with Crippen molar-refractivity contribution < 1.29 is 9.90 Å². The first kappa shape index (κ1) is 13.1. The molecule has 0 radical (unpaired) electrons. The van der Waals surface area contributed by atoms with Crippen LogP contribution in [0.4, 0.5) is 5.69 Å². The van der Waals surface area contributed by atoms with Crippen LogP contribution in [0.25, 0.3) is 22.0 Å². The lowest BCUT2D eigenvalue weighted by atomic mass is 9.99. The van der Waals surface area contributed by atoms with Crippen LogP contribution in [0, 0.1) is 0 Å². The Labute approximate surface area is 121 Å². The van der Waals surface area contributed by atoms with Gasteiger partial charge in [-0.05, 0) is 17.2 Å². The third-order valence-corrected chi connectivity index (χ3v) is 3.40. The number of carboxylic acid groups (broad SMARTS) is 1. The second kappa shape index (κ2) is 5.25. The molecule has 0 amide bonds. The van der Waals surface area contributed by atoms with Crippen LogP contribution in [0.2, 0.25) is 0 Å². The third-order valence-electron chi connectivity index (χ3n) is 3.40. The molecule has 0 atom stereocenters. The number of fused-ring (bicyclic) bond motifs is 1. The highest BCUT2D eigenvalue weighted by molar-refractivity contribution is 5.99. The Balaban J connectivity index is 2.17. The molecule has 0 aliphatic heterocycles. The van der Waals surface area contributed by atoms with Crippen LogP contribution < -0.4 is 5.73 Å². The van der Waals surface area contributed by atoms with Gasteiger partial charge >= 0.3 is 5.97 Å². The fraction of sp³-hybridized carbons (Fsp3) is 0.0588. The fourth-order valence-corrected chi connectivity index (χ4v) is 2.45. The van der Waals surface area contributed by atoms with E-state index in [0.717, 1.165) is 27.6 Å². The van der Waals surface area contributed by atoms with Crippen molar-refractivity contribution in [2.45, 2.75) is 6.42 Å². The summed E-state index contributed by atoms with van der Waals surface area (Å²) in [6, 6.07) is 15.1. The number of hydrogen-bond donors (Lipinski definition) is 2. The minimum Gasteiger partial charge on any atom is -0.481 e. The molecule has 2 aromatic carbocycles. The van der Waals surface area contributed by atoms with Gasteiger partial charge in [-0.2, -0.15) is 0 Å². The van der Waals surface area contributed by atoms with Crippen molar-refractivity contribution >= 4 is 22.6 Å². The summed E-state index contributed by atoms with van der Waals surface area (Å²) in [5.41, 5.74) is 10.1. The van der Waals surface area contributed by atoms with Crippen molar-refractivity contribution in [1.82, 2.24) is 4.98 Å². The van der Waals surface area contributed by atoms with E-state index in [1.54, 1.807) is 12.3 Å². The van der Waals surface area contributed by atoms with Crippen molar-refractivity contribution in [1.29, 1.82) is 0 Å². The molecule has 0 saturated carbocycles. The van der Waals surface area contributed by atoms with Gasteiger partial charge in [-0.1, -0.05) is 42.5 Å². The van der Waals surface area contributed by atoms with Gasteiger partial charge in [-0.15, -0.1) is 0 Å². The van der Waals surface area contributed by atoms with E-state index in [4.69, 9.17) is 10.8 Å². The molecule has 1 aromatic heterocycles. The fourth-order valence-electron chi connectivity index (χ4n) is 2.45. The van der Waals surface area contributed by atoms with Gasteiger partial charge < -0.3 is 10.8 Å². The molecule has 0 aliphatic carbocycles. The van der Waals surface area contributed by atoms with Gasteiger partial charge in [0.2, 0.25) is 0 Å². The number of hydrogen-bond acceptors (Lipinski definition) is 3.